The SMILES string of the molecule is COc1ccc(C(Cc2c(F)cccc2F)NN)cc1Br. The number of methoxy groups -OCH3 is 1. The van der Waals surface area contributed by atoms with E-state index in [1.54, 1.807) is 19.2 Å². The molecule has 0 aliphatic heterocycles. The third-order valence-electron chi connectivity index (χ3n) is 3.25. The van der Waals surface area contributed by atoms with Crippen molar-refractivity contribution in [2.24, 2.45) is 5.84 Å². The summed E-state index contributed by atoms with van der Waals surface area (Å²) in [5.41, 5.74) is 3.40. The predicted molar refractivity (Wildman–Crippen MR) is 80.8 cm³/mol. The maximum Gasteiger partial charge on any atom is 0.133 e. The van der Waals surface area contributed by atoms with E-state index in [2.05, 4.69) is 21.4 Å². The Morgan fingerprint density at radius 3 is 2.43 bits per heavy atom. The molecule has 2 aromatic rings. The summed E-state index contributed by atoms with van der Waals surface area (Å²) >= 11 is 3.38. The third-order valence-corrected chi connectivity index (χ3v) is 3.87. The highest BCUT2D eigenvalue weighted by Crippen LogP contribution is 2.29. The summed E-state index contributed by atoms with van der Waals surface area (Å²) in [7, 11) is 1.56. The molecule has 0 aromatic heterocycles. The highest BCUT2D eigenvalue weighted by molar-refractivity contribution is 9.10. The Morgan fingerprint density at radius 1 is 1.24 bits per heavy atom. The van der Waals surface area contributed by atoms with Gasteiger partial charge in [-0.2, -0.15) is 0 Å². The molecular formula is C15H15BrF2N2O. The van der Waals surface area contributed by atoms with Crippen LogP contribution in [-0.4, -0.2) is 7.11 Å². The second kappa shape index (κ2) is 6.98. The zero-order valence-corrected chi connectivity index (χ0v) is 13.0. The summed E-state index contributed by atoms with van der Waals surface area (Å²) in [6, 6.07) is 8.75. The van der Waals surface area contributed by atoms with Crippen molar-refractivity contribution in [1.82, 2.24) is 5.43 Å². The molecule has 0 saturated carbocycles. The lowest BCUT2D eigenvalue weighted by molar-refractivity contribution is 0.411. The number of hydrogen-bond acceptors (Lipinski definition) is 3. The van der Waals surface area contributed by atoms with Crippen LogP contribution >= 0.6 is 15.9 Å². The van der Waals surface area contributed by atoms with Crippen molar-refractivity contribution in [2.45, 2.75) is 12.5 Å². The van der Waals surface area contributed by atoms with Gasteiger partial charge in [-0.05, 0) is 52.2 Å². The van der Waals surface area contributed by atoms with Gasteiger partial charge in [-0.15, -0.1) is 0 Å². The molecule has 2 rings (SSSR count). The molecule has 1 unspecified atom stereocenters. The molecule has 1 atom stereocenters. The molecule has 2 aromatic carbocycles. The lowest BCUT2D eigenvalue weighted by Crippen LogP contribution is -2.30. The van der Waals surface area contributed by atoms with Crippen molar-refractivity contribution < 1.29 is 13.5 Å². The average molecular weight is 357 g/mol. The first-order chi connectivity index (χ1) is 10.1. The second-order valence-electron chi connectivity index (χ2n) is 4.52. The molecule has 3 nitrogen and oxygen atoms in total. The molecular weight excluding hydrogens is 342 g/mol. The topological polar surface area (TPSA) is 47.3 Å². The monoisotopic (exact) mass is 356 g/mol. The van der Waals surface area contributed by atoms with E-state index in [1.165, 1.54) is 18.2 Å². The Labute approximate surface area is 130 Å². The zero-order valence-electron chi connectivity index (χ0n) is 11.4. The minimum absolute atomic E-state index is 0.00684. The lowest BCUT2D eigenvalue weighted by Gasteiger charge is -2.18. The van der Waals surface area contributed by atoms with Gasteiger partial charge < -0.3 is 4.74 Å². The Balaban J connectivity index is 2.30. The molecule has 0 radical (unpaired) electrons. The summed E-state index contributed by atoms with van der Waals surface area (Å²) in [5.74, 6) is 5.04. The van der Waals surface area contributed by atoms with Crippen molar-refractivity contribution in [3.63, 3.8) is 0 Å². The molecule has 0 fully saturated rings. The minimum Gasteiger partial charge on any atom is -0.496 e. The van der Waals surface area contributed by atoms with E-state index < -0.39 is 17.7 Å². The molecule has 0 bridgehead atoms. The number of nitrogens with two attached hydrogens (primary N) is 1. The first-order valence-electron chi connectivity index (χ1n) is 6.29. The van der Waals surface area contributed by atoms with Gasteiger partial charge >= 0.3 is 0 Å². The van der Waals surface area contributed by atoms with Crippen LogP contribution in [0, 0.1) is 11.6 Å². The molecule has 6 heteroatoms. The van der Waals surface area contributed by atoms with Gasteiger partial charge in [-0.1, -0.05) is 12.1 Å². The number of ether oxygens (including phenoxy) is 1. The molecule has 0 saturated heterocycles. The largest absolute Gasteiger partial charge is 0.496 e. The van der Waals surface area contributed by atoms with Crippen LogP contribution in [0.1, 0.15) is 17.2 Å². The van der Waals surface area contributed by atoms with Crippen molar-refractivity contribution in [3.05, 3.63) is 63.6 Å². The maximum atomic E-state index is 13.7. The Morgan fingerprint density at radius 2 is 1.90 bits per heavy atom. The standard InChI is InChI=1S/C15H15BrF2N2O/c1-21-15-6-5-9(7-11(15)16)14(20-19)8-10-12(17)3-2-4-13(10)18/h2-7,14,20H,8,19H2,1H3. The molecule has 3 N–H and O–H groups in total. The van der Waals surface area contributed by atoms with Gasteiger partial charge in [-0.25, -0.2) is 8.78 Å². The van der Waals surface area contributed by atoms with E-state index in [4.69, 9.17) is 10.6 Å². The Hall–Kier alpha value is -1.50. The van der Waals surface area contributed by atoms with E-state index in [9.17, 15) is 8.78 Å². The summed E-state index contributed by atoms with van der Waals surface area (Å²) in [6.45, 7) is 0. The maximum absolute atomic E-state index is 13.7. The minimum atomic E-state index is -0.581. The van der Waals surface area contributed by atoms with Crippen LogP contribution in [0.15, 0.2) is 40.9 Å². The fraction of sp³-hybridized carbons (Fsp3) is 0.200. The summed E-state index contributed by atoms with van der Waals surface area (Å²) < 4.78 is 33.3. The summed E-state index contributed by atoms with van der Waals surface area (Å²) in [5, 5.41) is 0. The van der Waals surface area contributed by atoms with E-state index in [1.807, 2.05) is 6.07 Å². The van der Waals surface area contributed by atoms with Crippen LogP contribution in [0.25, 0.3) is 0 Å². The Kier molecular flexibility index (Phi) is 5.27. The van der Waals surface area contributed by atoms with Gasteiger partial charge in [0, 0.05) is 5.56 Å². The Bertz CT molecular complexity index is 617. The van der Waals surface area contributed by atoms with Crippen LogP contribution in [0.2, 0.25) is 0 Å². The van der Waals surface area contributed by atoms with Gasteiger partial charge in [0.15, 0.2) is 0 Å². The van der Waals surface area contributed by atoms with Crippen molar-refractivity contribution in [3.8, 4) is 5.75 Å². The van der Waals surface area contributed by atoms with Gasteiger partial charge in [0.2, 0.25) is 0 Å². The lowest BCUT2D eigenvalue weighted by atomic mass is 9.98. The molecule has 21 heavy (non-hydrogen) atoms. The first kappa shape index (κ1) is 15.9. The second-order valence-corrected chi connectivity index (χ2v) is 5.37. The molecule has 0 heterocycles. The van der Waals surface area contributed by atoms with Crippen LogP contribution < -0.4 is 16.0 Å². The van der Waals surface area contributed by atoms with E-state index >= 15 is 0 Å². The fourth-order valence-corrected chi connectivity index (χ4v) is 2.66. The normalized spacial score (nSPS) is 12.2. The smallest absolute Gasteiger partial charge is 0.133 e. The van der Waals surface area contributed by atoms with Crippen LogP contribution in [-0.2, 0) is 6.42 Å². The number of hydrogen-bond donors (Lipinski definition) is 2. The fourth-order valence-electron chi connectivity index (χ4n) is 2.10. The van der Waals surface area contributed by atoms with Crippen molar-refractivity contribution >= 4 is 15.9 Å². The van der Waals surface area contributed by atoms with Gasteiger partial charge in [0.1, 0.15) is 17.4 Å². The number of hydrazine groups is 1. The van der Waals surface area contributed by atoms with Crippen LogP contribution in [0.4, 0.5) is 8.78 Å². The quantitative estimate of drug-likeness (QED) is 0.636. The average Bonchev–Trinajstić information content (AvgIpc) is 2.47. The number of nitrogens with one attached hydrogen (secondary N) is 1. The highest BCUT2D eigenvalue weighted by atomic mass is 79.9. The molecule has 112 valence electrons. The van der Waals surface area contributed by atoms with Crippen LogP contribution in [0.5, 0.6) is 5.75 Å². The van der Waals surface area contributed by atoms with E-state index in [-0.39, 0.29) is 12.0 Å². The number of rotatable bonds is 5. The number of halogens is 3. The highest BCUT2D eigenvalue weighted by Gasteiger charge is 2.17. The van der Waals surface area contributed by atoms with Gasteiger partial charge in [0.25, 0.3) is 0 Å². The van der Waals surface area contributed by atoms with E-state index in [0.29, 0.717) is 5.75 Å². The summed E-state index contributed by atoms with van der Waals surface area (Å²) in [4.78, 5) is 0. The van der Waals surface area contributed by atoms with E-state index in [0.717, 1.165) is 10.0 Å². The van der Waals surface area contributed by atoms with Gasteiger partial charge in [0.05, 0.1) is 17.6 Å². The molecule has 0 aliphatic carbocycles. The summed E-state index contributed by atoms with van der Waals surface area (Å²) in [6.07, 6.45) is 0.105. The molecule has 0 spiro atoms. The third kappa shape index (κ3) is 3.58. The van der Waals surface area contributed by atoms with Gasteiger partial charge in [-0.3, -0.25) is 11.3 Å². The predicted octanol–water partition coefficient (Wildman–Crippen LogP) is 3.48. The molecule has 0 amide bonds. The first-order valence-corrected chi connectivity index (χ1v) is 7.08. The number of benzene rings is 2. The zero-order chi connectivity index (χ0) is 15.4. The van der Waals surface area contributed by atoms with Crippen molar-refractivity contribution in [2.75, 3.05) is 7.11 Å². The van der Waals surface area contributed by atoms with Crippen molar-refractivity contribution in [1.29, 1.82) is 0 Å². The van der Waals surface area contributed by atoms with Crippen LogP contribution in [0.3, 0.4) is 0 Å². The molecule has 0 aliphatic rings.